The predicted octanol–water partition coefficient (Wildman–Crippen LogP) is 2.42. The van der Waals surface area contributed by atoms with E-state index in [4.69, 9.17) is 5.73 Å². The first-order chi connectivity index (χ1) is 5.24. The SMILES string of the molecule is CCC[C@H](N)c1cc(I)c[nH]1. The number of rotatable bonds is 3. The van der Waals surface area contributed by atoms with E-state index in [2.05, 4.69) is 40.6 Å². The Labute approximate surface area is 80.7 Å². The van der Waals surface area contributed by atoms with Crippen LogP contribution in [-0.4, -0.2) is 4.98 Å². The molecule has 3 N–H and O–H groups in total. The average Bonchev–Trinajstić information content (AvgIpc) is 2.36. The van der Waals surface area contributed by atoms with Gasteiger partial charge in [0.15, 0.2) is 0 Å². The number of nitrogens with two attached hydrogens (primary N) is 1. The molecule has 0 radical (unpaired) electrons. The summed E-state index contributed by atoms with van der Waals surface area (Å²) in [6, 6.07) is 2.28. The number of halogens is 1. The molecule has 0 bridgehead atoms. The summed E-state index contributed by atoms with van der Waals surface area (Å²) in [5.41, 5.74) is 7.03. The number of hydrogen-bond acceptors (Lipinski definition) is 1. The van der Waals surface area contributed by atoms with Crippen LogP contribution < -0.4 is 5.73 Å². The molecule has 1 rings (SSSR count). The zero-order valence-electron chi connectivity index (χ0n) is 6.60. The first kappa shape index (κ1) is 9.06. The van der Waals surface area contributed by atoms with Crippen LogP contribution in [0.25, 0.3) is 0 Å². The van der Waals surface area contributed by atoms with E-state index in [1.165, 1.54) is 3.57 Å². The minimum atomic E-state index is 0.184. The van der Waals surface area contributed by atoms with Crippen molar-refractivity contribution in [3.05, 3.63) is 21.5 Å². The van der Waals surface area contributed by atoms with Crippen LogP contribution in [0.2, 0.25) is 0 Å². The van der Waals surface area contributed by atoms with Crippen LogP contribution >= 0.6 is 22.6 Å². The van der Waals surface area contributed by atoms with Crippen molar-refractivity contribution in [2.24, 2.45) is 5.73 Å². The molecule has 0 unspecified atom stereocenters. The number of H-pyrrole nitrogens is 1. The van der Waals surface area contributed by atoms with Gasteiger partial charge in [-0.3, -0.25) is 0 Å². The van der Waals surface area contributed by atoms with E-state index in [1.807, 2.05) is 6.20 Å². The lowest BCUT2D eigenvalue weighted by Crippen LogP contribution is -2.09. The van der Waals surface area contributed by atoms with E-state index in [1.54, 1.807) is 0 Å². The zero-order valence-corrected chi connectivity index (χ0v) is 8.76. The first-order valence-electron chi connectivity index (χ1n) is 3.83. The Morgan fingerprint density at radius 1 is 1.73 bits per heavy atom. The van der Waals surface area contributed by atoms with Crippen molar-refractivity contribution in [2.75, 3.05) is 0 Å². The molecule has 0 aliphatic rings. The highest BCUT2D eigenvalue weighted by Crippen LogP contribution is 2.16. The fourth-order valence-electron chi connectivity index (χ4n) is 1.06. The summed E-state index contributed by atoms with van der Waals surface area (Å²) in [7, 11) is 0. The average molecular weight is 264 g/mol. The van der Waals surface area contributed by atoms with Gasteiger partial charge in [0.2, 0.25) is 0 Å². The largest absolute Gasteiger partial charge is 0.363 e. The van der Waals surface area contributed by atoms with Gasteiger partial charge in [0.05, 0.1) is 0 Å². The third-order valence-corrected chi connectivity index (χ3v) is 2.29. The highest BCUT2D eigenvalue weighted by molar-refractivity contribution is 14.1. The van der Waals surface area contributed by atoms with Crippen molar-refractivity contribution in [1.82, 2.24) is 4.98 Å². The molecule has 1 atom stereocenters. The molecule has 2 nitrogen and oxygen atoms in total. The maximum absolute atomic E-state index is 5.88. The Balaban J connectivity index is 2.60. The summed E-state index contributed by atoms with van der Waals surface area (Å²) < 4.78 is 1.23. The topological polar surface area (TPSA) is 41.8 Å². The molecule has 0 saturated carbocycles. The van der Waals surface area contributed by atoms with Gasteiger partial charge in [-0.2, -0.15) is 0 Å². The third-order valence-electron chi connectivity index (χ3n) is 1.67. The maximum Gasteiger partial charge on any atom is 0.0448 e. The molecule has 3 heteroatoms. The van der Waals surface area contributed by atoms with Crippen LogP contribution in [0.5, 0.6) is 0 Å². The van der Waals surface area contributed by atoms with Crippen molar-refractivity contribution in [1.29, 1.82) is 0 Å². The summed E-state index contributed by atoms with van der Waals surface area (Å²) >= 11 is 2.28. The van der Waals surface area contributed by atoms with Crippen LogP contribution in [0, 0.1) is 3.57 Å². The molecule has 0 spiro atoms. The normalized spacial score (nSPS) is 13.4. The van der Waals surface area contributed by atoms with Crippen LogP contribution in [0.15, 0.2) is 12.3 Å². The molecule has 0 aliphatic heterocycles. The molecule has 1 aromatic heterocycles. The minimum Gasteiger partial charge on any atom is -0.363 e. The van der Waals surface area contributed by atoms with Crippen molar-refractivity contribution < 1.29 is 0 Å². The van der Waals surface area contributed by atoms with Gasteiger partial charge in [-0.1, -0.05) is 13.3 Å². The lowest BCUT2D eigenvalue weighted by atomic mass is 10.1. The van der Waals surface area contributed by atoms with Crippen LogP contribution in [0.1, 0.15) is 31.5 Å². The summed E-state index contributed by atoms with van der Waals surface area (Å²) in [6.07, 6.45) is 4.17. The van der Waals surface area contributed by atoms with E-state index in [0.717, 1.165) is 18.5 Å². The van der Waals surface area contributed by atoms with Crippen molar-refractivity contribution in [3.63, 3.8) is 0 Å². The van der Waals surface area contributed by atoms with E-state index in [-0.39, 0.29) is 6.04 Å². The van der Waals surface area contributed by atoms with Gasteiger partial charge in [-0.15, -0.1) is 0 Å². The molecule has 1 aromatic rings. The Morgan fingerprint density at radius 2 is 2.45 bits per heavy atom. The van der Waals surface area contributed by atoms with Gasteiger partial charge in [0, 0.05) is 21.5 Å². The number of aromatic amines is 1. The Kier molecular flexibility index (Phi) is 3.39. The number of nitrogens with one attached hydrogen (secondary N) is 1. The van der Waals surface area contributed by atoms with Gasteiger partial charge < -0.3 is 10.7 Å². The Hall–Kier alpha value is -0.0300. The highest BCUT2D eigenvalue weighted by atomic mass is 127. The van der Waals surface area contributed by atoms with Crippen molar-refractivity contribution >= 4 is 22.6 Å². The molecule has 1 heterocycles. The smallest absolute Gasteiger partial charge is 0.0448 e. The monoisotopic (exact) mass is 264 g/mol. The van der Waals surface area contributed by atoms with Gasteiger partial charge >= 0.3 is 0 Å². The summed E-state index contributed by atoms with van der Waals surface area (Å²) in [6.45, 7) is 2.15. The van der Waals surface area contributed by atoms with E-state index in [9.17, 15) is 0 Å². The molecule has 0 aliphatic carbocycles. The molecule has 11 heavy (non-hydrogen) atoms. The maximum atomic E-state index is 5.88. The molecular formula is C8H13IN2. The lowest BCUT2D eigenvalue weighted by molar-refractivity contribution is 0.625. The van der Waals surface area contributed by atoms with Gasteiger partial charge in [-0.25, -0.2) is 0 Å². The van der Waals surface area contributed by atoms with E-state index in [0.29, 0.717) is 0 Å². The molecule has 0 fully saturated rings. The second-order valence-electron chi connectivity index (χ2n) is 2.67. The van der Waals surface area contributed by atoms with Crippen molar-refractivity contribution in [2.45, 2.75) is 25.8 Å². The lowest BCUT2D eigenvalue weighted by Gasteiger charge is -2.06. The number of hydrogen-bond donors (Lipinski definition) is 2. The first-order valence-corrected chi connectivity index (χ1v) is 4.91. The van der Waals surface area contributed by atoms with E-state index < -0.39 is 0 Å². The molecule has 0 saturated heterocycles. The second kappa shape index (κ2) is 4.11. The quantitative estimate of drug-likeness (QED) is 0.809. The summed E-state index contributed by atoms with van der Waals surface area (Å²) in [5, 5.41) is 0. The van der Waals surface area contributed by atoms with Gasteiger partial charge in [0.25, 0.3) is 0 Å². The van der Waals surface area contributed by atoms with Gasteiger partial charge in [-0.05, 0) is 35.1 Å². The predicted molar refractivity (Wildman–Crippen MR) is 55.3 cm³/mol. The molecule has 0 aromatic carbocycles. The Morgan fingerprint density at radius 3 is 2.91 bits per heavy atom. The molecule has 62 valence electrons. The van der Waals surface area contributed by atoms with Crippen LogP contribution in [0.3, 0.4) is 0 Å². The third kappa shape index (κ3) is 2.48. The van der Waals surface area contributed by atoms with E-state index >= 15 is 0 Å². The van der Waals surface area contributed by atoms with Crippen LogP contribution in [-0.2, 0) is 0 Å². The number of aromatic nitrogens is 1. The zero-order chi connectivity index (χ0) is 8.27. The van der Waals surface area contributed by atoms with Crippen molar-refractivity contribution in [3.8, 4) is 0 Å². The molecular weight excluding hydrogens is 251 g/mol. The summed E-state index contributed by atoms with van der Waals surface area (Å²) in [4.78, 5) is 3.16. The Bertz CT molecular complexity index is 220. The standard InChI is InChI=1S/C8H13IN2/c1-2-3-7(10)8-4-6(9)5-11-8/h4-5,7,11H,2-3,10H2,1H3/t7-/m0/s1. The fourth-order valence-corrected chi connectivity index (χ4v) is 1.56. The highest BCUT2D eigenvalue weighted by Gasteiger charge is 2.05. The fraction of sp³-hybridized carbons (Fsp3) is 0.500. The van der Waals surface area contributed by atoms with Crippen LogP contribution in [0.4, 0.5) is 0 Å². The van der Waals surface area contributed by atoms with Gasteiger partial charge in [0.1, 0.15) is 0 Å². The summed E-state index contributed by atoms with van der Waals surface area (Å²) in [5.74, 6) is 0. The molecule has 0 amide bonds. The minimum absolute atomic E-state index is 0.184. The second-order valence-corrected chi connectivity index (χ2v) is 3.91.